The molecule has 3 aromatic carbocycles. The van der Waals surface area contributed by atoms with Crippen LogP contribution in [0.15, 0.2) is 78.9 Å². The zero-order chi connectivity index (χ0) is 19.9. The molecule has 2 amide bonds. The molecule has 0 fully saturated rings. The summed E-state index contributed by atoms with van der Waals surface area (Å²) in [6.07, 6.45) is 0. The van der Waals surface area contributed by atoms with E-state index in [4.69, 9.17) is 4.74 Å². The lowest BCUT2D eigenvalue weighted by atomic mass is 10.1. The average Bonchev–Trinajstić information content (AvgIpc) is 2.74. The molecule has 0 aromatic heterocycles. The molecule has 3 aromatic rings. The number of nitrogens with one attached hydrogen (secondary N) is 2. The van der Waals surface area contributed by atoms with E-state index in [0.29, 0.717) is 22.6 Å². The van der Waals surface area contributed by atoms with E-state index in [1.54, 1.807) is 48.5 Å². The minimum Gasteiger partial charge on any atom is -0.496 e. The van der Waals surface area contributed by atoms with Crippen LogP contribution in [0.5, 0.6) is 5.75 Å². The van der Waals surface area contributed by atoms with Gasteiger partial charge in [-0.1, -0.05) is 54.6 Å². The molecule has 2 N–H and O–H groups in total. The zero-order valence-corrected chi connectivity index (χ0v) is 15.8. The van der Waals surface area contributed by atoms with Gasteiger partial charge in [0.05, 0.1) is 30.0 Å². The number of ether oxygens (including phenoxy) is 1. The molecule has 0 bridgehead atoms. The number of benzene rings is 3. The first-order chi connectivity index (χ1) is 13.6. The van der Waals surface area contributed by atoms with Crippen molar-refractivity contribution < 1.29 is 14.3 Å². The number of methoxy groups -OCH3 is 1. The second kappa shape index (κ2) is 8.86. The Kier molecular flexibility index (Phi) is 6.07. The Balaban J connectivity index is 1.79. The molecule has 5 nitrogen and oxygen atoms in total. The highest BCUT2D eigenvalue weighted by molar-refractivity contribution is 6.10. The normalized spacial score (nSPS) is 11.4. The lowest BCUT2D eigenvalue weighted by Gasteiger charge is -2.16. The van der Waals surface area contributed by atoms with Gasteiger partial charge in [0, 0.05) is 0 Å². The summed E-state index contributed by atoms with van der Waals surface area (Å²) in [5.74, 6) is -0.124. The fourth-order valence-corrected chi connectivity index (χ4v) is 2.91. The van der Waals surface area contributed by atoms with Crippen LogP contribution in [-0.4, -0.2) is 18.9 Å². The molecule has 3 rings (SSSR count). The molecule has 0 heterocycles. The molecule has 0 aliphatic carbocycles. The SMILES string of the molecule is COc1ccccc1C(=O)Nc1ccccc1C(=O)NC(C)c1ccccc1. The van der Waals surface area contributed by atoms with Crippen molar-refractivity contribution in [3.05, 3.63) is 95.6 Å². The molecule has 5 heteroatoms. The van der Waals surface area contributed by atoms with Crippen molar-refractivity contribution in [2.24, 2.45) is 0 Å². The Hall–Kier alpha value is -3.60. The molecule has 142 valence electrons. The minimum absolute atomic E-state index is 0.160. The second-order valence-electron chi connectivity index (χ2n) is 6.31. The highest BCUT2D eigenvalue weighted by atomic mass is 16.5. The van der Waals surface area contributed by atoms with E-state index in [-0.39, 0.29) is 17.9 Å². The Morgan fingerprint density at radius 3 is 2.11 bits per heavy atom. The molecule has 28 heavy (non-hydrogen) atoms. The van der Waals surface area contributed by atoms with Crippen molar-refractivity contribution in [1.29, 1.82) is 0 Å². The van der Waals surface area contributed by atoms with E-state index < -0.39 is 0 Å². The zero-order valence-electron chi connectivity index (χ0n) is 15.8. The van der Waals surface area contributed by atoms with E-state index in [9.17, 15) is 9.59 Å². The summed E-state index contributed by atoms with van der Waals surface area (Å²) in [6, 6.07) is 23.4. The predicted octanol–water partition coefficient (Wildman–Crippen LogP) is 4.44. The Bertz CT molecular complexity index is 970. The molecule has 1 atom stereocenters. The Morgan fingerprint density at radius 2 is 1.39 bits per heavy atom. The van der Waals surface area contributed by atoms with Crippen LogP contribution in [0.4, 0.5) is 5.69 Å². The van der Waals surface area contributed by atoms with Crippen LogP contribution in [0, 0.1) is 0 Å². The summed E-state index contributed by atoms with van der Waals surface area (Å²) >= 11 is 0. The number of amides is 2. The smallest absolute Gasteiger partial charge is 0.259 e. The summed E-state index contributed by atoms with van der Waals surface area (Å²) in [7, 11) is 1.51. The number of rotatable bonds is 6. The van der Waals surface area contributed by atoms with Crippen LogP contribution in [0.3, 0.4) is 0 Å². The van der Waals surface area contributed by atoms with Crippen molar-refractivity contribution in [2.75, 3.05) is 12.4 Å². The lowest BCUT2D eigenvalue weighted by Crippen LogP contribution is -2.28. The van der Waals surface area contributed by atoms with Crippen molar-refractivity contribution >= 4 is 17.5 Å². The van der Waals surface area contributed by atoms with E-state index in [1.807, 2.05) is 37.3 Å². The molecule has 0 aliphatic heterocycles. The Labute approximate surface area is 164 Å². The van der Waals surface area contributed by atoms with Crippen molar-refractivity contribution in [3.8, 4) is 5.75 Å². The molecule has 0 spiro atoms. The first kappa shape index (κ1) is 19.2. The monoisotopic (exact) mass is 374 g/mol. The summed E-state index contributed by atoms with van der Waals surface area (Å²) in [6.45, 7) is 1.92. The second-order valence-corrected chi connectivity index (χ2v) is 6.31. The third-order valence-corrected chi connectivity index (χ3v) is 4.42. The number of para-hydroxylation sites is 2. The van der Waals surface area contributed by atoms with Crippen molar-refractivity contribution in [2.45, 2.75) is 13.0 Å². The summed E-state index contributed by atoms with van der Waals surface area (Å²) in [4.78, 5) is 25.5. The van der Waals surface area contributed by atoms with Crippen molar-refractivity contribution in [3.63, 3.8) is 0 Å². The molecule has 0 aliphatic rings. The fourth-order valence-electron chi connectivity index (χ4n) is 2.91. The van der Waals surface area contributed by atoms with Gasteiger partial charge in [-0.25, -0.2) is 0 Å². The van der Waals surface area contributed by atoms with Gasteiger partial charge in [-0.3, -0.25) is 9.59 Å². The van der Waals surface area contributed by atoms with Gasteiger partial charge in [0.1, 0.15) is 5.75 Å². The van der Waals surface area contributed by atoms with Gasteiger partial charge in [0.15, 0.2) is 0 Å². The van der Waals surface area contributed by atoms with Crippen LogP contribution >= 0.6 is 0 Å². The molecule has 0 saturated carbocycles. The van der Waals surface area contributed by atoms with Crippen LogP contribution in [0.2, 0.25) is 0 Å². The van der Waals surface area contributed by atoms with E-state index in [1.165, 1.54) is 7.11 Å². The van der Waals surface area contributed by atoms with Crippen LogP contribution in [0.25, 0.3) is 0 Å². The number of hydrogen-bond acceptors (Lipinski definition) is 3. The molecular weight excluding hydrogens is 352 g/mol. The van der Waals surface area contributed by atoms with E-state index in [0.717, 1.165) is 5.56 Å². The topological polar surface area (TPSA) is 67.4 Å². The maximum Gasteiger partial charge on any atom is 0.259 e. The predicted molar refractivity (Wildman–Crippen MR) is 110 cm³/mol. The lowest BCUT2D eigenvalue weighted by molar-refractivity contribution is 0.0941. The van der Waals surface area contributed by atoms with E-state index >= 15 is 0 Å². The minimum atomic E-state index is -0.339. The molecular formula is C23H22N2O3. The highest BCUT2D eigenvalue weighted by Crippen LogP contribution is 2.22. The largest absolute Gasteiger partial charge is 0.496 e. The third kappa shape index (κ3) is 4.38. The maximum absolute atomic E-state index is 12.8. The standard InChI is InChI=1S/C23H22N2O3/c1-16(17-10-4-3-5-11-17)24-22(26)18-12-6-8-14-20(18)25-23(27)19-13-7-9-15-21(19)28-2/h3-16H,1-2H3,(H,24,26)(H,25,27). The van der Waals surface area contributed by atoms with Crippen LogP contribution < -0.4 is 15.4 Å². The maximum atomic E-state index is 12.8. The Morgan fingerprint density at radius 1 is 0.786 bits per heavy atom. The first-order valence-corrected chi connectivity index (χ1v) is 8.99. The molecule has 1 unspecified atom stereocenters. The van der Waals surface area contributed by atoms with Gasteiger partial charge < -0.3 is 15.4 Å². The van der Waals surface area contributed by atoms with Gasteiger partial charge in [-0.15, -0.1) is 0 Å². The average molecular weight is 374 g/mol. The number of carbonyl (C=O) groups is 2. The summed E-state index contributed by atoms with van der Waals surface area (Å²) in [5, 5.41) is 5.79. The number of hydrogen-bond donors (Lipinski definition) is 2. The molecule has 0 radical (unpaired) electrons. The van der Waals surface area contributed by atoms with Crippen LogP contribution in [0.1, 0.15) is 39.2 Å². The summed E-state index contributed by atoms with van der Waals surface area (Å²) < 4.78 is 5.24. The summed E-state index contributed by atoms with van der Waals surface area (Å²) in [5.41, 5.74) is 2.24. The first-order valence-electron chi connectivity index (χ1n) is 8.99. The quantitative estimate of drug-likeness (QED) is 0.670. The molecule has 0 saturated heterocycles. The van der Waals surface area contributed by atoms with Gasteiger partial charge >= 0.3 is 0 Å². The van der Waals surface area contributed by atoms with Gasteiger partial charge in [0.2, 0.25) is 0 Å². The highest BCUT2D eigenvalue weighted by Gasteiger charge is 2.18. The van der Waals surface area contributed by atoms with Gasteiger partial charge in [-0.2, -0.15) is 0 Å². The van der Waals surface area contributed by atoms with Crippen molar-refractivity contribution in [1.82, 2.24) is 5.32 Å². The third-order valence-electron chi connectivity index (χ3n) is 4.42. The van der Waals surface area contributed by atoms with Gasteiger partial charge in [0.25, 0.3) is 11.8 Å². The number of anilines is 1. The van der Waals surface area contributed by atoms with E-state index in [2.05, 4.69) is 10.6 Å². The van der Waals surface area contributed by atoms with Gasteiger partial charge in [-0.05, 0) is 36.8 Å². The number of carbonyl (C=O) groups excluding carboxylic acids is 2. The van der Waals surface area contributed by atoms with Crippen LogP contribution in [-0.2, 0) is 0 Å². The fraction of sp³-hybridized carbons (Fsp3) is 0.130.